The molecule has 0 spiro atoms. The van der Waals surface area contributed by atoms with E-state index in [9.17, 15) is 9.18 Å². The van der Waals surface area contributed by atoms with Crippen LogP contribution < -0.4 is 4.74 Å². The zero-order valence-electron chi connectivity index (χ0n) is 14.6. The molecule has 1 aromatic heterocycles. The molecule has 3 rings (SSSR count). The maximum Gasteiger partial charge on any atom is 0.306 e. The first-order valence-electron chi connectivity index (χ1n) is 8.63. The van der Waals surface area contributed by atoms with Gasteiger partial charge in [0, 0.05) is 18.4 Å². The Balaban J connectivity index is 1.34. The third-order valence-electron chi connectivity index (χ3n) is 3.68. The van der Waals surface area contributed by atoms with Gasteiger partial charge in [-0.3, -0.25) is 4.79 Å². The van der Waals surface area contributed by atoms with E-state index in [0.717, 1.165) is 5.75 Å². The lowest BCUT2D eigenvalue weighted by molar-refractivity contribution is -0.143. The summed E-state index contributed by atoms with van der Waals surface area (Å²) in [6, 6.07) is 15.2. The van der Waals surface area contributed by atoms with Crippen molar-refractivity contribution in [1.29, 1.82) is 0 Å². The van der Waals surface area contributed by atoms with E-state index in [-0.39, 0.29) is 31.2 Å². The summed E-state index contributed by atoms with van der Waals surface area (Å²) in [5.41, 5.74) is 0.646. The van der Waals surface area contributed by atoms with E-state index in [0.29, 0.717) is 30.3 Å². The third kappa shape index (κ3) is 5.91. The Morgan fingerprint density at radius 2 is 1.81 bits per heavy atom. The molecular weight excluding hydrogens is 351 g/mol. The van der Waals surface area contributed by atoms with E-state index in [1.807, 2.05) is 30.3 Å². The lowest BCUT2D eigenvalue weighted by Gasteiger charge is -2.06. The van der Waals surface area contributed by atoms with Crippen LogP contribution in [0.5, 0.6) is 5.75 Å². The van der Waals surface area contributed by atoms with Gasteiger partial charge in [-0.05, 0) is 36.4 Å². The molecule has 0 amide bonds. The molecule has 2 aromatic carbocycles. The van der Waals surface area contributed by atoms with Crippen LogP contribution >= 0.6 is 0 Å². The van der Waals surface area contributed by atoms with Gasteiger partial charge in [-0.2, -0.15) is 4.98 Å². The summed E-state index contributed by atoms with van der Waals surface area (Å²) < 4.78 is 28.7. The second-order valence-corrected chi connectivity index (χ2v) is 5.75. The Bertz CT molecular complexity index is 850. The standard InChI is InChI=1S/C20H19FN2O4/c21-16-9-7-15(8-10-16)20-22-18(27-23-20)11-12-19(24)26-14-4-13-25-17-5-2-1-3-6-17/h1-3,5-10H,4,11-14H2. The second-order valence-electron chi connectivity index (χ2n) is 5.75. The predicted molar refractivity (Wildman–Crippen MR) is 95.5 cm³/mol. The van der Waals surface area contributed by atoms with Crippen LogP contribution in [0.4, 0.5) is 4.39 Å². The summed E-state index contributed by atoms with van der Waals surface area (Å²) in [5, 5.41) is 3.83. The van der Waals surface area contributed by atoms with E-state index in [1.54, 1.807) is 12.1 Å². The fourth-order valence-corrected chi connectivity index (χ4v) is 2.31. The Labute approximate surface area is 155 Å². The highest BCUT2D eigenvalue weighted by Gasteiger charge is 2.11. The second kappa shape index (κ2) is 9.47. The summed E-state index contributed by atoms with van der Waals surface area (Å²) >= 11 is 0. The van der Waals surface area contributed by atoms with Crippen LogP contribution in [0.25, 0.3) is 11.4 Å². The lowest BCUT2D eigenvalue weighted by Crippen LogP contribution is -2.09. The van der Waals surface area contributed by atoms with Crippen molar-refractivity contribution in [3.63, 3.8) is 0 Å². The van der Waals surface area contributed by atoms with E-state index in [2.05, 4.69) is 10.1 Å². The Morgan fingerprint density at radius 1 is 1.04 bits per heavy atom. The topological polar surface area (TPSA) is 74.5 Å². The zero-order valence-corrected chi connectivity index (χ0v) is 14.6. The first-order chi connectivity index (χ1) is 13.2. The molecule has 0 fully saturated rings. The number of benzene rings is 2. The average Bonchev–Trinajstić information content (AvgIpc) is 3.16. The molecule has 140 valence electrons. The molecule has 3 aromatic rings. The molecule has 0 bridgehead atoms. The van der Waals surface area contributed by atoms with Crippen molar-refractivity contribution >= 4 is 5.97 Å². The van der Waals surface area contributed by atoms with E-state index in [1.165, 1.54) is 12.1 Å². The van der Waals surface area contributed by atoms with Crippen LogP contribution in [0.2, 0.25) is 0 Å². The average molecular weight is 370 g/mol. The monoisotopic (exact) mass is 370 g/mol. The number of ether oxygens (including phenoxy) is 2. The van der Waals surface area contributed by atoms with Gasteiger partial charge in [0.2, 0.25) is 11.7 Å². The summed E-state index contributed by atoms with van der Waals surface area (Å²) in [6.45, 7) is 0.762. The number of aromatic nitrogens is 2. The predicted octanol–water partition coefficient (Wildman–Crippen LogP) is 3.82. The molecule has 0 atom stereocenters. The molecule has 0 aliphatic rings. The van der Waals surface area contributed by atoms with Crippen molar-refractivity contribution in [3.05, 3.63) is 66.3 Å². The van der Waals surface area contributed by atoms with Crippen molar-refractivity contribution < 1.29 is 23.2 Å². The Morgan fingerprint density at radius 3 is 2.59 bits per heavy atom. The molecule has 0 aliphatic heterocycles. The molecule has 0 aliphatic carbocycles. The number of hydrogen-bond donors (Lipinski definition) is 0. The van der Waals surface area contributed by atoms with Gasteiger partial charge in [0.15, 0.2) is 0 Å². The Hall–Kier alpha value is -3.22. The van der Waals surface area contributed by atoms with Crippen molar-refractivity contribution in [2.75, 3.05) is 13.2 Å². The number of aryl methyl sites for hydroxylation is 1. The van der Waals surface area contributed by atoms with Gasteiger partial charge in [-0.25, -0.2) is 4.39 Å². The normalized spacial score (nSPS) is 10.6. The van der Waals surface area contributed by atoms with Crippen LogP contribution in [-0.4, -0.2) is 29.3 Å². The molecule has 6 nitrogen and oxygen atoms in total. The highest BCUT2D eigenvalue weighted by Crippen LogP contribution is 2.16. The van der Waals surface area contributed by atoms with E-state index in [4.69, 9.17) is 14.0 Å². The number of carbonyl (C=O) groups is 1. The Kier molecular flexibility index (Phi) is 6.51. The highest BCUT2D eigenvalue weighted by atomic mass is 19.1. The molecule has 0 saturated carbocycles. The van der Waals surface area contributed by atoms with Gasteiger partial charge < -0.3 is 14.0 Å². The van der Waals surface area contributed by atoms with Crippen molar-refractivity contribution in [2.45, 2.75) is 19.3 Å². The van der Waals surface area contributed by atoms with E-state index < -0.39 is 0 Å². The molecule has 0 saturated heterocycles. The first kappa shape index (κ1) is 18.6. The molecule has 0 radical (unpaired) electrons. The number of para-hydroxylation sites is 1. The molecule has 27 heavy (non-hydrogen) atoms. The maximum absolute atomic E-state index is 12.9. The fourth-order valence-electron chi connectivity index (χ4n) is 2.31. The van der Waals surface area contributed by atoms with Gasteiger partial charge in [0.05, 0.1) is 19.6 Å². The largest absolute Gasteiger partial charge is 0.493 e. The summed E-state index contributed by atoms with van der Waals surface area (Å²) in [4.78, 5) is 16.0. The minimum Gasteiger partial charge on any atom is -0.493 e. The maximum atomic E-state index is 12.9. The number of hydrogen-bond acceptors (Lipinski definition) is 6. The van der Waals surface area contributed by atoms with Crippen molar-refractivity contribution in [1.82, 2.24) is 10.1 Å². The van der Waals surface area contributed by atoms with E-state index >= 15 is 0 Å². The molecular formula is C20H19FN2O4. The van der Waals surface area contributed by atoms with Crippen LogP contribution in [0, 0.1) is 5.82 Å². The van der Waals surface area contributed by atoms with Crippen LogP contribution in [0.1, 0.15) is 18.7 Å². The van der Waals surface area contributed by atoms with Crippen LogP contribution in [-0.2, 0) is 16.0 Å². The molecule has 1 heterocycles. The summed E-state index contributed by atoms with van der Waals surface area (Å²) in [5.74, 6) is 0.808. The summed E-state index contributed by atoms with van der Waals surface area (Å²) in [6.07, 6.45) is 1.04. The van der Waals surface area contributed by atoms with Crippen molar-refractivity contribution in [3.8, 4) is 17.1 Å². The van der Waals surface area contributed by atoms with Gasteiger partial charge in [-0.15, -0.1) is 0 Å². The van der Waals surface area contributed by atoms with Gasteiger partial charge in [0.25, 0.3) is 0 Å². The third-order valence-corrected chi connectivity index (χ3v) is 3.68. The van der Waals surface area contributed by atoms with Crippen LogP contribution in [0.3, 0.4) is 0 Å². The van der Waals surface area contributed by atoms with Gasteiger partial charge in [-0.1, -0.05) is 23.4 Å². The van der Waals surface area contributed by atoms with Gasteiger partial charge >= 0.3 is 5.97 Å². The molecule has 7 heteroatoms. The quantitative estimate of drug-likeness (QED) is 0.421. The van der Waals surface area contributed by atoms with Gasteiger partial charge in [0.1, 0.15) is 11.6 Å². The summed E-state index contributed by atoms with van der Waals surface area (Å²) in [7, 11) is 0. The number of carbonyl (C=O) groups excluding carboxylic acids is 1. The van der Waals surface area contributed by atoms with Crippen molar-refractivity contribution in [2.24, 2.45) is 0 Å². The number of nitrogens with zero attached hydrogens (tertiary/aromatic N) is 2. The first-order valence-corrected chi connectivity index (χ1v) is 8.63. The minimum atomic E-state index is -0.337. The zero-order chi connectivity index (χ0) is 18.9. The minimum absolute atomic E-state index is 0.143. The lowest BCUT2D eigenvalue weighted by atomic mass is 10.2. The SMILES string of the molecule is O=C(CCc1nc(-c2ccc(F)cc2)no1)OCCCOc1ccccc1. The number of esters is 1. The van der Waals surface area contributed by atoms with Crippen LogP contribution in [0.15, 0.2) is 59.1 Å². The molecule has 0 N–H and O–H groups in total. The fraction of sp³-hybridized carbons (Fsp3) is 0.250. The highest BCUT2D eigenvalue weighted by molar-refractivity contribution is 5.69. The number of halogens is 1. The number of rotatable bonds is 9. The smallest absolute Gasteiger partial charge is 0.306 e. The molecule has 0 unspecified atom stereocenters.